The largest absolute Gasteiger partial charge is 0.305 e. The average Bonchev–Trinajstić information content (AvgIpc) is 2.10. The topological polar surface area (TPSA) is 3.24 Å². The molecule has 0 fully saturated rings. The van der Waals surface area contributed by atoms with Crippen LogP contribution >= 0.6 is 0 Å². The van der Waals surface area contributed by atoms with Crippen molar-refractivity contribution in [3.8, 4) is 0 Å². The summed E-state index contributed by atoms with van der Waals surface area (Å²) in [4.78, 5) is 2.61. The zero-order valence-corrected chi connectivity index (χ0v) is 10.2. The van der Waals surface area contributed by atoms with Crippen LogP contribution < -0.4 is 0 Å². The van der Waals surface area contributed by atoms with Gasteiger partial charge in [-0.05, 0) is 32.5 Å². The van der Waals surface area contributed by atoms with Crippen LogP contribution in [0.3, 0.4) is 0 Å². The van der Waals surface area contributed by atoms with E-state index >= 15 is 0 Å². The van der Waals surface area contributed by atoms with Crippen molar-refractivity contribution >= 4 is 16.3 Å². The molecule has 2 heteroatoms. The third-order valence-electron chi connectivity index (χ3n) is 2.13. The normalized spacial score (nSPS) is 10.9. The summed E-state index contributed by atoms with van der Waals surface area (Å²) in [5.74, 6) is 0. The van der Waals surface area contributed by atoms with E-state index in [-0.39, 0.29) is 0 Å². The van der Waals surface area contributed by atoms with Crippen LogP contribution in [0, 0.1) is 0 Å². The van der Waals surface area contributed by atoms with Gasteiger partial charge in [0.05, 0.1) is 0 Å². The van der Waals surface area contributed by atoms with E-state index in [1.165, 1.54) is 50.6 Å². The van der Waals surface area contributed by atoms with Crippen LogP contribution in [-0.4, -0.2) is 40.8 Å². The summed E-state index contributed by atoms with van der Waals surface area (Å²) in [5, 5.41) is 1.33. The van der Waals surface area contributed by atoms with Gasteiger partial charge in [0.2, 0.25) is 0 Å². The number of rotatable bonds is 8. The fourth-order valence-corrected chi connectivity index (χ4v) is 1.77. The lowest BCUT2D eigenvalue weighted by Crippen LogP contribution is -2.26. The summed E-state index contributed by atoms with van der Waals surface area (Å²) in [7, 11) is 0. The second kappa shape index (κ2) is 9.58. The van der Waals surface area contributed by atoms with Crippen LogP contribution in [0.25, 0.3) is 0 Å². The molecule has 0 spiro atoms. The van der Waals surface area contributed by atoms with Crippen LogP contribution in [0.1, 0.15) is 39.5 Å². The zero-order valence-electron chi connectivity index (χ0n) is 8.81. The Balaban J connectivity index is 3.40. The van der Waals surface area contributed by atoms with E-state index < -0.39 is 0 Å². The third kappa shape index (κ3) is 7.16. The Bertz CT molecular complexity index is 77.9. The van der Waals surface area contributed by atoms with Crippen molar-refractivity contribution in [2.75, 3.05) is 19.6 Å². The van der Waals surface area contributed by atoms with Crippen molar-refractivity contribution in [1.82, 2.24) is 4.90 Å². The lowest BCUT2D eigenvalue weighted by Gasteiger charge is -2.20. The highest BCUT2D eigenvalue weighted by molar-refractivity contribution is 6.08. The van der Waals surface area contributed by atoms with Crippen molar-refractivity contribution < 1.29 is 0 Å². The van der Waals surface area contributed by atoms with Gasteiger partial charge in [-0.1, -0.05) is 32.0 Å². The molecule has 71 valence electrons. The van der Waals surface area contributed by atoms with Gasteiger partial charge in [-0.25, -0.2) is 0 Å². The molecule has 0 atom stereocenters. The molecule has 0 saturated carbocycles. The molecule has 1 radical (unpaired) electrons. The lowest BCUT2D eigenvalue weighted by molar-refractivity contribution is 0.279. The smallest absolute Gasteiger partial charge is 0.175 e. The van der Waals surface area contributed by atoms with Crippen molar-refractivity contribution in [3.63, 3.8) is 0 Å². The first-order valence-electron chi connectivity index (χ1n) is 5.36. The van der Waals surface area contributed by atoms with Crippen LogP contribution in [0.15, 0.2) is 0 Å². The molecule has 0 aromatic carbocycles. The predicted molar refractivity (Wildman–Crippen MR) is 58.2 cm³/mol. The molecule has 0 saturated heterocycles. The molecule has 1 nitrogen and oxygen atoms in total. The first-order chi connectivity index (χ1) is 5.85. The predicted octanol–water partition coefficient (Wildman–Crippen LogP) is 2.21. The summed E-state index contributed by atoms with van der Waals surface area (Å²) < 4.78 is 0. The molecule has 0 bridgehead atoms. The first kappa shape index (κ1) is 12.5. The zero-order chi connectivity index (χ0) is 9.23. The standard InChI is InChI=1S/C10H22N.Al.H/c1-4-7-9-11(6-3)10-8-5-2;;/h3-10H2,1-2H3;;. The Morgan fingerprint density at radius 2 is 1.42 bits per heavy atom. The maximum Gasteiger partial charge on any atom is 0.175 e. The van der Waals surface area contributed by atoms with Crippen molar-refractivity contribution in [3.05, 3.63) is 0 Å². The van der Waals surface area contributed by atoms with Crippen molar-refractivity contribution in [2.45, 2.75) is 44.8 Å². The first-order valence-corrected chi connectivity index (χ1v) is 6.36. The Hall–Kier alpha value is 0.492. The van der Waals surface area contributed by atoms with Gasteiger partial charge in [-0.3, -0.25) is 0 Å². The van der Waals surface area contributed by atoms with E-state index in [1.807, 2.05) is 0 Å². The van der Waals surface area contributed by atoms with Crippen LogP contribution in [-0.2, 0) is 0 Å². The molecule has 0 amide bonds. The molecule has 0 N–H and O–H groups in total. The molecule has 0 unspecified atom stereocenters. The number of hydrogen-bond acceptors (Lipinski definition) is 1. The second-order valence-electron chi connectivity index (χ2n) is 3.40. The molecule has 0 aromatic rings. The van der Waals surface area contributed by atoms with Gasteiger partial charge in [-0.2, -0.15) is 0 Å². The average molecular weight is 184 g/mol. The van der Waals surface area contributed by atoms with Crippen molar-refractivity contribution in [1.29, 1.82) is 0 Å². The summed E-state index contributed by atoms with van der Waals surface area (Å²) in [5.41, 5.74) is 0. The minimum atomic E-state index is 1.30. The van der Waals surface area contributed by atoms with E-state index in [2.05, 4.69) is 35.0 Å². The number of hydrogen-bond donors (Lipinski definition) is 0. The summed E-state index contributed by atoms with van der Waals surface area (Å²) >= 11 is 2.09. The monoisotopic (exact) mass is 184 g/mol. The van der Waals surface area contributed by atoms with Gasteiger partial charge in [0, 0.05) is 0 Å². The molecule has 0 aromatic heterocycles. The molecule has 0 aliphatic rings. The summed E-state index contributed by atoms with van der Waals surface area (Å²) in [6.45, 7) is 8.47. The SMILES string of the molecule is CCCCN(C[CH2][AlH])CCCC. The summed E-state index contributed by atoms with van der Waals surface area (Å²) in [6, 6.07) is 0. The van der Waals surface area contributed by atoms with E-state index in [1.54, 1.807) is 0 Å². The maximum atomic E-state index is 2.61. The van der Waals surface area contributed by atoms with E-state index in [9.17, 15) is 0 Å². The second-order valence-corrected chi connectivity index (χ2v) is 4.11. The molecule has 0 aliphatic heterocycles. The van der Waals surface area contributed by atoms with E-state index in [0.717, 1.165) is 0 Å². The van der Waals surface area contributed by atoms with Crippen LogP contribution in [0.5, 0.6) is 0 Å². The third-order valence-corrected chi connectivity index (χ3v) is 2.45. The van der Waals surface area contributed by atoms with Gasteiger partial charge in [-0.15, -0.1) is 0 Å². The number of nitrogens with zero attached hydrogens (tertiary/aromatic N) is 1. The fraction of sp³-hybridized carbons (Fsp3) is 1.00. The van der Waals surface area contributed by atoms with Crippen molar-refractivity contribution in [2.24, 2.45) is 0 Å². The minimum Gasteiger partial charge on any atom is -0.305 e. The summed E-state index contributed by atoms with van der Waals surface area (Å²) in [6.07, 6.45) is 5.39. The highest BCUT2D eigenvalue weighted by Gasteiger charge is 2.00. The van der Waals surface area contributed by atoms with Gasteiger partial charge < -0.3 is 4.90 Å². The van der Waals surface area contributed by atoms with Crippen LogP contribution in [0.2, 0.25) is 5.28 Å². The van der Waals surface area contributed by atoms with E-state index in [0.29, 0.717) is 0 Å². The van der Waals surface area contributed by atoms with Gasteiger partial charge in [0.1, 0.15) is 0 Å². The fourth-order valence-electron chi connectivity index (χ4n) is 1.32. The Kier molecular flexibility index (Phi) is 9.97. The minimum absolute atomic E-state index is 1.30. The maximum absolute atomic E-state index is 2.61. The Labute approximate surface area is 85.9 Å². The molecule has 0 rings (SSSR count). The molecule has 0 heterocycles. The van der Waals surface area contributed by atoms with Crippen LogP contribution in [0.4, 0.5) is 0 Å². The molecular weight excluding hydrogens is 161 g/mol. The lowest BCUT2D eigenvalue weighted by atomic mass is 10.2. The molecule has 12 heavy (non-hydrogen) atoms. The van der Waals surface area contributed by atoms with Gasteiger partial charge in [0.25, 0.3) is 0 Å². The highest BCUT2D eigenvalue weighted by Crippen LogP contribution is 1.99. The molecule has 0 aliphatic carbocycles. The quantitative estimate of drug-likeness (QED) is 0.523. The Morgan fingerprint density at radius 1 is 0.917 bits per heavy atom. The van der Waals surface area contributed by atoms with Gasteiger partial charge >= 0.3 is 0 Å². The Morgan fingerprint density at radius 3 is 1.75 bits per heavy atom. The molecular formula is C10H23AlN. The van der Waals surface area contributed by atoms with E-state index in [4.69, 9.17) is 0 Å². The highest BCUT2D eigenvalue weighted by atomic mass is 27.0. The van der Waals surface area contributed by atoms with Gasteiger partial charge in [0.15, 0.2) is 16.3 Å². The number of unbranched alkanes of at least 4 members (excludes halogenated alkanes) is 2.